The first kappa shape index (κ1) is 112. The average molecular weight is 2050 g/mol. The number of amides is 11. The number of anilines is 7. The van der Waals surface area contributed by atoms with Gasteiger partial charge in [-0.2, -0.15) is 0 Å². The lowest BCUT2D eigenvalue weighted by Crippen LogP contribution is -3.05. The Bertz CT molecular complexity index is 6850. The van der Waals surface area contributed by atoms with Gasteiger partial charge in [0.05, 0.1) is 80.4 Å². The molecule has 0 spiro atoms. The van der Waals surface area contributed by atoms with E-state index in [9.17, 15) is 91.1 Å². The lowest BCUT2D eigenvalue weighted by molar-refractivity contribution is -0.858. The number of hydrogen-bond donors (Lipinski definition) is 12. The second-order valence-corrected chi connectivity index (χ2v) is 37.0. The van der Waals surface area contributed by atoms with Crippen LogP contribution in [-0.4, -0.2) is 236 Å². The minimum absolute atomic E-state index is 0.00981. The molecule has 12 N–H and O–H groups in total. The fourth-order valence-electron chi connectivity index (χ4n) is 16.6. The molecule has 0 radical (unpaired) electrons. The van der Waals surface area contributed by atoms with E-state index in [1.165, 1.54) is 113 Å². The molecule has 10 heterocycles. The zero-order valence-electron chi connectivity index (χ0n) is 85.8. The maximum Gasteiger partial charge on any atom is 0.305 e. The highest BCUT2D eigenvalue weighted by molar-refractivity contribution is 6.09. The standard InChI is InChI=1S/C102H127N27O20/c1-119(2)42-19-18-23-71(130)24-20-26-78(132)73-43-62(52-120(73)3)45-80(134)92-109-70(58-126(92)9)51-82(136)93-108-66(57-125(93)8)47-72(131)25-21-27-79(133)74-44-63(53-121(74)4)46-81(135)94-116-83(59-127(94)10)113-88(139)29-22-38-104-98(144)75-49-68(55-123(75)6)111-101(147)95-118-85(61-129(95)12)115-90(141)37-41-106-99(145)76-48-67(54-122(76)5)110-100(146)77-50-69(56-124(77)7)112-102(148)96-117-84(60-128(96)11)114-89(140)36-39-103-86(137)35-40-105-97(143)64-31-33-65(34-32-64)107-87(138)28-16-14-15-17-30-91(142)149-13/h31-34,43-44,48-50,52-61H,14-30,35-42,45-47,51H2,1-13H3,(H,103,137)(H,104,144)(H,105,143)(H,106,145)(H,107,138)(H,110,146)(H,111,147)(H,112,148)(H,113,139)(H,114,140)(H,115,141)/p+1. The van der Waals surface area contributed by atoms with Crippen molar-refractivity contribution in [2.75, 3.05) is 91.1 Å². The summed E-state index contributed by atoms with van der Waals surface area (Å²) in [4.78, 5) is 271. The van der Waals surface area contributed by atoms with Gasteiger partial charge in [0.15, 0.2) is 46.5 Å². The van der Waals surface area contributed by atoms with E-state index in [0.29, 0.717) is 90.1 Å². The molecule has 1 aromatic carbocycles. The molecular formula is C102H128N27O20+. The second kappa shape index (κ2) is 53.2. The Morgan fingerprint density at radius 2 is 0.651 bits per heavy atom. The second-order valence-electron chi connectivity index (χ2n) is 37.0. The van der Waals surface area contributed by atoms with Crippen LogP contribution >= 0.6 is 0 Å². The third-order valence-corrected chi connectivity index (χ3v) is 24.2. The van der Waals surface area contributed by atoms with Gasteiger partial charge < -0.3 is 114 Å². The molecule has 11 amide bonds. The van der Waals surface area contributed by atoms with Crippen LogP contribution < -0.4 is 63.4 Å². The topological polar surface area (TPSA) is 584 Å². The van der Waals surface area contributed by atoms with E-state index in [1.54, 1.807) is 131 Å². The lowest BCUT2D eigenvalue weighted by atomic mass is 10.0. The van der Waals surface area contributed by atoms with Gasteiger partial charge in [-0.3, -0.25) is 91.1 Å². The molecule has 149 heavy (non-hydrogen) atoms. The first-order valence-electron chi connectivity index (χ1n) is 48.8. The van der Waals surface area contributed by atoms with Gasteiger partial charge in [-0.15, -0.1) is 0 Å². The number of hydrogen-bond acceptors (Lipinski definition) is 25. The summed E-state index contributed by atoms with van der Waals surface area (Å²) in [5, 5.41) is 29.5. The number of nitrogens with one attached hydrogen (secondary N) is 12. The Morgan fingerprint density at radius 3 is 1.15 bits per heavy atom. The van der Waals surface area contributed by atoms with E-state index < -0.39 is 64.9 Å². The van der Waals surface area contributed by atoms with Crippen molar-refractivity contribution in [2.24, 2.45) is 70.5 Å². The van der Waals surface area contributed by atoms with Crippen LogP contribution in [0.5, 0.6) is 0 Å². The molecule has 47 nitrogen and oxygen atoms in total. The summed E-state index contributed by atoms with van der Waals surface area (Å²) in [5.41, 5.74) is 4.61. The zero-order chi connectivity index (χ0) is 108. The van der Waals surface area contributed by atoms with E-state index in [2.05, 4.69) is 102 Å². The number of ketones is 7. The molecule has 0 atom stereocenters. The van der Waals surface area contributed by atoms with Crippen molar-refractivity contribution < 1.29 is 101 Å². The third kappa shape index (κ3) is 33.2. The smallest absolute Gasteiger partial charge is 0.305 e. The number of benzene rings is 1. The molecular weight excluding hydrogens is 1920 g/mol. The molecule has 790 valence electrons. The van der Waals surface area contributed by atoms with Crippen molar-refractivity contribution in [2.45, 2.75) is 154 Å². The van der Waals surface area contributed by atoms with E-state index >= 15 is 0 Å². The van der Waals surface area contributed by atoms with Crippen LogP contribution in [0.25, 0.3) is 0 Å². The summed E-state index contributed by atoms with van der Waals surface area (Å²) >= 11 is 0. The zero-order valence-corrected chi connectivity index (χ0v) is 85.8. The third-order valence-electron chi connectivity index (χ3n) is 24.2. The average Bonchev–Trinajstić information content (AvgIpc) is 1.68. The Hall–Kier alpha value is -17.0. The molecule has 0 aliphatic rings. The van der Waals surface area contributed by atoms with Crippen molar-refractivity contribution in [3.63, 3.8) is 0 Å². The Balaban J connectivity index is 0.527. The molecule has 11 rings (SSSR count). The van der Waals surface area contributed by atoms with Crippen molar-refractivity contribution >= 4 is 152 Å². The number of imidazole rings is 5. The minimum Gasteiger partial charge on any atom is -0.469 e. The highest BCUT2D eigenvalue weighted by Gasteiger charge is 2.29. The summed E-state index contributed by atoms with van der Waals surface area (Å²) in [6.45, 7) is 0.925. The van der Waals surface area contributed by atoms with Crippen molar-refractivity contribution in [3.8, 4) is 0 Å². The number of Topliss-reactive ketones (excluding diaryl/α,β-unsaturated/α-hetero) is 7. The number of carbonyl (C=O) groups excluding carboxylic acids is 19. The predicted molar refractivity (Wildman–Crippen MR) is 546 cm³/mol. The number of carbonyl (C=O) groups is 19. The quantitative estimate of drug-likeness (QED) is 0.0116. The Morgan fingerprint density at radius 1 is 0.275 bits per heavy atom. The van der Waals surface area contributed by atoms with Crippen LogP contribution in [0.4, 0.5) is 40.2 Å². The van der Waals surface area contributed by atoms with Crippen LogP contribution in [0.2, 0.25) is 0 Å². The molecule has 47 heteroatoms. The van der Waals surface area contributed by atoms with Crippen LogP contribution in [0, 0.1) is 0 Å². The van der Waals surface area contributed by atoms with Crippen LogP contribution in [-0.2, 0) is 139 Å². The lowest BCUT2D eigenvalue weighted by Gasteiger charge is -2.08. The fraction of sp³-hybridized carbons (Fsp3) is 0.412. The molecule has 11 aromatic rings. The molecule has 0 saturated carbocycles. The highest BCUT2D eigenvalue weighted by atomic mass is 16.5. The summed E-state index contributed by atoms with van der Waals surface area (Å²) in [6, 6.07) is 13.9. The van der Waals surface area contributed by atoms with Gasteiger partial charge in [-0.1, -0.05) is 12.8 Å². The summed E-state index contributed by atoms with van der Waals surface area (Å²) in [7, 11) is 21.6. The minimum atomic E-state index is -0.676. The van der Waals surface area contributed by atoms with Gasteiger partial charge in [0, 0.05) is 253 Å². The number of aryl methyl sites for hydroxylation is 10. The normalized spacial score (nSPS) is 11.1. The van der Waals surface area contributed by atoms with E-state index in [-0.39, 0.29) is 237 Å². The molecule has 0 bridgehead atoms. The van der Waals surface area contributed by atoms with Crippen molar-refractivity contribution in [1.82, 2.24) is 91.9 Å². The van der Waals surface area contributed by atoms with E-state index in [4.69, 9.17) is 0 Å². The number of quaternary nitrogens is 1. The van der Waals surface area contributed by atoms with Gasteiger partial charge in [0.25, 0.3) is 35.4 Å². The van der Waals surface area contributed by atoms with Crippen LogP contribution in [0.1, 0.15) is 267 Å². The Kier molecular flexibility index (Phi) is 40.1. The maximum absolute atomic E-state index is 13.6. The van der Waals surface area contributed by atoms with Gasteiger partial charge in [-0.05, 0) is 111 Å². The van der Waals surface area contributed by atoms with Gasteiger partial charge in [0.1, 0.15) is 28.6 Å². The van der Waals surface area contributed by atoms with Gasteiger partial charge in [0.2, 0.25) is 58.5 Å². The maximum atomic E-state index is 13.6. The molecule has 0 unspecified atom stereocenters. The van der Waals surface area contributed by atoms with E-state index in [1.807, 2.05) is 0 Å². The summed E-state index contributed by atoms with van der Waals surface area (Å²) < 4.78 is 19.6. The number of nitrogens with zero attached hydrogens (tertiary/aromatic N) is 15. The monoisotopic (exact) mass is 2050 g/mol. The number of unbranched alkanes of at least 4 members (excludes halogenated alkanes) is 4. The number of aromatic nitrogens is 15. The first-order chi connectivity index (χ1) is 71.0. The molecule has 10 aromatic heterocycles. The molecule has 0 aliphatic heterocycles. The molecule has 0 fully saturated rings. The summed E-state index contributed by atoms with van der Waals surface area (Å²) in [6.07, 6.45) is 22.0. The van der Waals surface area contributed by atoms with Crippen molar-refractivity contribution in [1.29, 1.82) is 0 Å². The highest BCUT2D eigenvalue weighted by Crippen LogP contribution is 2.25. The fourth-order valence-corrected chi connectivity index (χ4v) is 16.6. The Labute approximate surface area is 858 Å². The summed E-state index contributed by atoms with van der Waals surface area (Å²) in [5.74, 6) is -7.02. The number of esters is 1. The van der Waals surface area contributed by atoms with Crippen LogP contribution in [0.3, 0.4) is 0 Å². The van der Waals surface area contributed by atoms with Crippen LogP contribution in [0.15, 0.2) is 117 Å². The van der Waals surface area contributed by atoms with E-state index in [0.717, 1.165) is 32.2 Å². The van der Waals surface area contributed by atoms with Gasteiger partial charge >= 0.3 is 5.97 Å². The van der Waals surface area contributed by atoms with Crippen molar-refractivity contribution in [3.05, 3.63) is 202 Å². The predicted octanol–water partition coefficient (Wildman–Crippen LogP) is 6.11. The largest absolute Gasteiger partial charge is 0.469 e. The number of ether oxygens (including phenoxy) is 1. The number of rotatable bonds is 59. The van der Waals surface area contributed by atoms with Gasteiger partial charge in [-0.25, -0.2) is 24.9 Å². The first-order valence-corrected chi connectivity index (χ1v) is 48.8. The molecule has 0 saturated heterocycles. The SMILES string of the molecule is COC(=O)CCCCCCC(=O)Nc1ccc(C(=O)NCCC(=O)NCCC(=O)Nc2cn(C)c(C(=O)Nc3cc(C(=O)Nc4cc(C(=O)NCCC(=O)Nc5cn(C)c(C(=O)Nc6cc(C(=O)NCCCC(=O)Nc7cn(C)c(C(=O)Cc8cc(C(=O)CCCC(=O)Cc9cn(C)c(C(=O)Cc%10cn(C)c(C(=O)Cc%11cc(C(=O)CCCC(=O)CCCC[NH+](C)C)n(C)c%11)n%10)n9)n(C)c8)n7)n(C)c6)n5)n(C)c4)n(C)c3)n2)cc1. The molecule has 0 aliphatic carbocycles. The number of methoxy groups -OCH3 is 1.